The number of rotatable bonds is 6. The van der Waals surface area contributed by atoms with Crippen molar-refractivity contribution < 1.29 is 107 Å². The fourth-order valence-electron chi connectivity index (χ4n) is 16.4. The number of ether oxygens (including phenoxy) is 9. The molecule has 10 aliphatic heterocycles. The Hall–Kier alpha value is -14.9. The molecule has 10 heterocycles. The highest BCUT2D eigenvalue weighted by Gasteiger charge is 2.54. The Labute approximate surface area is 790 Å². The Morgan fingerprint density at radius 2 is 0.733 bits per heavy atom. The van der Waals surface area contributed by atoms with Crippen molar-refractivity contribution >= 4 is 81.1 Å². The molecule has 11 aromatic rings. The number of carbonyl (C=O) groups excluding carboxylic acids is 8. The highest BCUT2D eigenvalue weighted by atomic mass is 16.7. The predicted molar refractivity (Wildman–Crippen MR) is 524 cm³/mol. The fourth-order valence-corrected chi connectivity index (χ4v) is 16.4. The first-order valence-corrected chi connectivity index (χ1v) is 45.3. The maximum Gasteiger partial charge on any atom is 0.299 e. The number of fused-ring (bicyclic) bond motifs is 10. The van der Waals surface area contributed by atoms with Crippen LogP contribution in [0.5, 0.6) is 69.0 Å². The van der Waals surface area contributed by atoms with Crippen molar-refractivity contribution in [2.45, 2.75) is 154 Å². The van der Waals surface area contributed by atoms with E-state index in [1.54, 1.807) is 122 Å². The van der Waals surface area contributed by atoms with E-state index < -0.39 is 45.9 Å². The lowest BCUT2D eigenvalue weighted by molar-refractivity contribution is -0.132. The number of methoxy groups -OCH3 is 1. The predicted octanol–water partition coefficient (Wildman–Crippen LogP) is 19.5. The van der Waals surface area contributed by atoms with Crippen LogP contribution in [0.25, 0.3) is 0 Å². The summed E-state index contributed by atoms with van der Waals surface area (Å²) in [6.07, 6.45) is 0.702. The molecule has 10 aliphatic rings. The Morgan fingerprint density at radius 3 is 1.21 bits per heavy atom. The van der Waals surface area contributed by atoms with Gasteiger partial charge in [-0.2, -0.15) is 0 Å². The van der Waals surface area contributed by atoms with Crippen molar-refractivity contribution in [3.05, 3.63) is 285 Å². The fraction of sp³-hybridized carbons (Fsp3) is 0.308. The summed E-state index contributed by atoms with van der Waals surface area (Å²) in [4.78, 5) is 103. The average molecular weight is 1850 g/mol. The standard InChI is InChI=1S/C19H19NO3.C17H15NO4.C17H15NO3.C16H13NO5.C9H7NO2.C8H5NO2.C7H8O3.7C2H6/c1-4-19(13-7-5-6-8-15(13)20(3)18(19)21)14-10-17-16(9-12(14)2)22-11-23-17;1-10-7-14-15(22-9-21-14)8-12(10)17(20)11-5-3-4-6-13(11)18(2)16(17)19;1-10-7-14-15(21-9-20-14)8-12(10)16-11-5-3-4-6-13(11)18(2)17(16)19;1-17-11-5-3-2-4-9(11)16(20,15(17)19)10-6-13-14(7-12(10)18)22-8-21-13;1-10-7-5-3-2-4-6(7)8(11)9(10)12;10-7-5-3-1-2-4-6(5)9-8(7)11;1-10-7-4-5(8)2-3-6(7)9;7*1-2/h5-10H,4,11H2,1-3H3;3-8,20H,9H2,1-2H3;3-8,16H,9H2,1-2H3;2-7,18,20H,8H2,1H3;2-5H,1H3;1-4H,(H,9,10,11);2-4,8-9H,1H3;7*1-2H3/t19-;;;;;;;;;;;;;/m0............./s1. The summed E-state index contributed by atoms with van der Waals surface area (Å²) in [7, 11) is 9.95. The smallest absolute Gasteiger partial charge is 0.299 e. The number of amides is 6. The molecule has 3 unspecified atom stereocenters. The monoisotopic (exact) mass is 1840 g/mol. The summed E-state index contributed by atoms with van der Waals surface area (Å²) in [6, 6.07) is 62.3. The van der Waals surface area contributed by atoms with Crippen molar-refractivity contribution in [2.24, 2.45) is 0 Å². The molecule has 11 aromatic carbocycles. The summed E-state index contributed by atoms with van der Waals surface area (Å²) >= 11 is 0. The molecule has 28 heteroatoms. The van der Waals surface area contributed by atoms with Crippen molar-refractivity contribution in [3.63, 3.8) is 0 Å². The van der Waals surface area contributed by atoms with Gasteiger partial charge in [0.15, 0.2) is 63.1 Å². The van der Waals surface area contributed by atoms with Gasteiger partial charge in [-0.3, -0.25) is 38.4 Å². The number of phenols is 3. The number of aliphatic hydroxyl groups is 2. The van der Waals surface area contributed by atoms with E-state index in [1.165, 1.54) is 52.1 Å². The maximum atomic E-state index is 13.2. The quantitative estimate of drug-likeness (QED) is 0.0665. The number of hydrogen-bond donors (Lipinski definition) is 6. The van der Waals surface area contributed by atoms with Crippen LogP contribution in [0.1, 0.15) is 198 Å². The molecule has 6 N–H and O–H groups in total. The van der Waals surface area contributed by atoms with Crippen LogP contribution in [0.2, 0.25) is 0 Å². The van der Waals surface area contributed by atoms with Crippen molar-refractivity contribution in [2.75, 3.05) is 99.3 Å². The Kier molecular flexibility index (Phi) is 36.7. The second kappa shape index (κ2) is 46.9. The third-order valence-corrected chi connectivity index (χ3v) is 22.7. The van der Waals surface area contributed by atoms with Crippen LogP contribution in [-0.2, 0) is 45.4 Å². The summed E-state index contributed by atoms with van der Waals surface area (Å²) in [5.74, 6) is 2.29. The second-order valence-corrected chi connectivity index (χ2v) is 29.4. The van der Waals surface area contributed by atoms with Crippen LogP contribution < -0.4 is 72.4 Å². The van der Waals surface area contributed by atoms with E-state index in [0.717, 1.165) is 73.3 Å². The average Bonchev–Trinajstić information content (AvgIpc) is 1.61. The zero-order valence-electron chi connectivity index (χ0n) is 81.2. The first-order valence-electron chi connectivity index (χ1n) is 45.3. The lowest BCUT2D eigenvalue weighted by Crippen LogP contribution is -2.40. The van der Waals surface area contributed by atoms with E-state index in [0.29, 0.717) is 80.0 Å². The van der Waals surface area contributed by atoms with E-state index in [1.807, 2.05) is 217 Å². The molecule has 6 amide bonds. The van der Waals surface area contributed by atoms with Crippen LogP contribution >= 0.6 is 0 Å². The number of Topliss-reactive ketones (excluding diaryl/α,β-unsaturated/α-hetero) is 2. The third-order valence-electron chi connectivity index (χ3n) is 22.7. The van der Waals surface area contributed by atoms with Crippen molar-refractivity contribution in [3.8, 4) is 69.0 Å². The number of aryl methyl sites for hydroxylation is 3. The van der Waals surface area contributed by atoms with Gasteiger partial charge in [-0.05, 0) is 169 Å². The molecule has 0 spiro atoms. The zero-order chi connectivity index (χ0) is 99.8. The number of hydrogen-bond acceptors (Lipinski definition) is 22. The SMILES string of the molecule is CC.CC.CC.CC.CC.CC.CC.CC[C@]1(c2cc3c(cc2C)OCO3)C(=O)N(C)c2ccccc21.CN1C(=O)C(=O)c2ccccc21.CN1C(=O)C(O)(c2cc3c(cc2O)OCO3)c2ccccc21.COc1cc(O)ccc1O.Cc1cc2c(cc1C1(O)C(=O)N(C)c3ccccc31)OCO2.Cc1cc2c(cc1C1C(=O)N(C)c3ccccc31)OCO2.O=C1Nc2ccccc2C1=O. The number of nitrogens with one attached hydrogen (secondary N) is 1. The van der Waals surface area contributed by atoms with Crippen LogP contribution in [0.3, 0.4) is 0 Å². The van der Waals surface area contributed by atoms with Gasteiger partial charge in [0.2, 0.25) is 44.6 Å². The summed E-state index contributed by atoms with van der Waals surface area (Å²) in [6.45, 7) is 36.6. The molecule has 0 saturated heterocycles. The molecule has 0 saturated carbocycles. The minimum Gasteiger partial charge on any atom is -0.508 e. The largest absolute Gasteiger partial charge is 0.508 e. The highest BCUT2D eigenvalue weighted by Crippen LogP contribution is 2.54. The van der Waals surface area contributed by atoms with Crippen LogP contribution in [0, 0.1) is 20.8 Å². The van der Waals surface area contributed by atoms with Crippen molar-refractivity contribution in [1.82, 2.24) is 0 Å². The molecule has 0 fully saturated rings. The first kappa shape index (κ1) is 105. The van der Waals surface area contributed by atoms with E-state index in [-0.39, 0.29) is 79.4 Å². The Morgan fingerprint density at radius 1 is 0.356 bits per heavy atom. The molecule has 4 atom stereocenters. The topological polar surface area (TPSA) is 349 Å². The van der Waals surface area contributed by atoms with Gasteiger partial charge in [-0.25, -0.2) is 0 Å². The lowest BCUT2D eigenvalue weighted by atomic mass is 9.71. The molecular weight excluding hydrogens is 1720 g/mol. The molecule has 0 bridgehead atoms. The number of carbonyl (C=O) groups is 8. The number of nitrogens with zero attached hydrogens (tertiary/aromatic N) is 5. The number of aromatic hydroxyl groups is 3. The number of ketones is 2. The van der Waals surface area contributed by atoms with Gasteiger partial charge >= 0.3 is 0 Å². The molecule has 28 nitrogen and oxygen atoms in total. The second-order valence-electron chi connectivity index (χ2n) is 29.4. The molecule has 135 heavy (non-hydrogen) atoms. The van der Waals surface area contributed by atoms with Gasteiger partial charge in [0.05, 0.1) is 46.9 Å². The normalized spacial score (nSPS) is 17.4. The van der Waals surface area contributed by atoms with E-state index >= 15 is 0 Å². The van der Waals surface area contributed by atoms with E-state index in [9.17, 15) is 53.7 Å². The molecule has 714 valence electrons. The van der Waals surface area contributed by atoms with Gasteiger partial charge in [-0.1, -0.05) is 201 Å². The first-order chi connectivity index (χ1) is 65.1. The van der Waals surface area contributed by atoms with Crippen molar-refractivity contribution in [1.29, 1.82) is 0 Å². The number of para-hydroxylation sites is 6. The number of likely N-dealkylation sites (N-methyl/N-ethyl adjacent to an activating group) is 5. The van der Waals surface area contributed by atoms with Crippen LogP contribution in [0.15, 0.2) is 212 Å². The Bertz CT molecular complexity index is 5980. The molecule has 0 aliphatic carbocycles. The summed E-state index contributed by atoms with van der Waals surface area (Å²) in [5, 5.41) is 53.0. The molecule has 0 aromatic heterocycles. The molecular formula is C107H124N6O22. The maximum absolute atomic E-state index is 13.2. The van der Waals surface area contributed by atoms with E-state index in [2.05, 4.69) is 18.3 Å². The van der Waals surface area contributed by atoms with Gasteiger partial charge in [0.1, 0.15) is 16.9 Å². The van der Waals surface area contributed by atoms with Gasteiger partial charge < -0.3 is 98.0 Å². The minimum atomic E-state index is -1.95. The third kappa shape index (κ3) is 20.4. The highest BCUT2D eigenvalue weighted by molar-refractivity contribution is 6.52. The Balaban J connectivity index is 0.000000193. The van der Waals surface area contributed by atoms with E-state index in [4.69, 9.17) is 52.8 Å². The summed E-state index contributed by atoms with van der Waals surface area (Å²) in [5.41, 5.74) is 9.87. The molecule has 21 rings (SSSR count). The van der Waals surface area contributed by atoms with Gasteiger partial charge in [-0.15, -0.1) is 0 Å². The van der Waals surface area contributed by atoms with Crippen LogP contribution in [-0.4, -0.2) is 142 Å². The van der Waals surface area contributed by atoms with Crippen LogP contribution in [0.4, 0.5) is 34.1 Å². The minimum absolute atomic E-state index is 0.0281. The van der Waals surface area contributed by atoms with Gasteiger partial charge in [0, 0.05) is 81.0 Å². The number of benzene rings is 11. The lowest BCUT2D eigenvalue weighted by Gasteiger charge is -2.29. The summed E-state index contributed by atoms with van der Waals surface area (Å²) < 4.78 is 47.8. The zero-order valence-corrected chi connectivity index (χ0v) is 81.2. The number of anilines is 6. The number of phenolic OH excluding ortho intramolecular Hbond substituents is 3. The van der Waals surface area contributed by atoms with Gasteiger partial charge in [0.25, 0.3) is 35.2 Å². The molecule has 0 radical (unpaired) electrons.